The van der Waals surface area contributed by atoms with Crippen LogP contribution in [-0.4, -0.2) is 16.5 Å². The Hall–Kier alpha value is -0.370. The van der Waals surface area contributed by atoms with Gasteiger partial charge in [-0.25, -0.2) is 0 Å². The Labute approximate surface area is 60.2 Å². The first-order valence-corrected chi connectivity index (χ1v) is 3.92. The number of hydrogen-bond donors (Lipinski definition) is 1. The highest BCUT2D eigenvalue weighted by molar-refractivity contribution is 5.92. The number of Topliss-reactive ketones (excluding diaryl/α,β-unsaturated/α-hetero) is 1. The van der Waals surface area contributed by atoms with Gasteiger partial charge in [0.25, 0.3) is 0 Å². The first-order chi connectivity index (χ1) is 4.66. The van der Waals surface area contributed by atoms with Crippen LogP contribution in [0.4, 0.5) is 0 Å². The fraction of sp³-hybridized carbons (Fsp3) is 0.875. The molecule has 1 unspecified atom stereocenters. The van der Waals surface area contributed by atoms with Gasteiger partial charge in [0.2, 0.25) is 0 Å². The quantitative estimate of drug-likeness (QED) is 0.538. The number of ketones is 1. The van der Waals surface area contributed by atoms with Gasteiger partial charge in [-0.1, -0.05) is 6.92 Å². The lowest BCUT2D eigenvalue weighted by Crippen LogP contribution is -2.58. The van der Waals surface area contributed by atoms with Crippen LogP contribution in [0.15, 0.2) is 0 Å². The summed E-state index contributed by atoms with van der Waals surface area (Å²) in [5.74, 6) is 0.197. The minimum Gasteiger partial charge on any atom is -0.388 e. The average molecular weight is 140 g/mol. The SMILES string of the molecule is C[C@@H]1C(=O)C2CCC[C@@]21O. The summed E-state index contributed by atoms with van der Waals surface area (Å²) in [5, 5.41) is 9.77. The van der Waals surface area contributed by atoms with Crippen molar-refractivity contribution < 1.29 is 9.90 Å². The number of hydrogen-bond acceptors (Lipinski definition) is 2. The first kappa shape index (κ1) is 6.35. The average Bonchev–Trinajstić information content (AvgIpc) is 2.28. The molecule has 0 amide bonds. The molecule has 2 heteroatoms. The lowest BCUT2D eigenvalue weighted by molar-refractivity contribution is -0.168. The van der Waals surface area contributed by atoms with E-state index in [9.17, 15) is 9.90 Å². The zero-order chi connectivity index (χ0) is 7.35. The van der Waals surface area contributed by atoms with Crippen LogP contribution in [0.5, 0.6) is 0 Å². The first-order valence-electron chi connectivity index (χ1n) is 3.92. The van der Waals surface area contributed by atoms with Crippen LogP contribution in [-0.2, 0) is 4.79 Å². The number of carbonyl (C=O) groups excluding carboxylic acids is 1. The Morgan fingerprint density at radius 2 is 2.40 bits per heavy atom. The second kappa shape index (κ2) is 1.62. The van der Waals surface area contributed by atoms with Crippen molar-refractivity contribution in [2.75, 3.05) is 0 Å². The van der Waals surface area contributed by atoms with Crippen LogP contribution in [0.3, 0.4) is 0 Å². The van der Waals surface area contributed by atoms with Crippen molar-refractivity contribution in [3.05, 3.63) is 0 Å². The van der Waals surface area contributed by atoms with E-state index in [0.717, 1.165) is 19.3 Å². The van der Waals surface area contributed by atoms with Gasteiger partial charge in [0.1, 0.15) is 5.78 Å². The molecule has 2 aliphatic rings. The Bertz CT molecular complexity index is 188. The molecule has 2 nitrogen and oxygen atoms in total. The Morgan fingerprint density at radius 1 is 1.70 bits per heavy atom. The maximum atomic E-state index is 11.1. The van der Waals surface area contributed by atoms with Crippen LogP contribution in [0.25, 0.3) is 0 Å². The minimum atomic E-state index is -0.586. The molecular weight excluding hydrogens is 128 g/mol. The molecule has 56 valence electrons. The maximum Gasteiger partial charge on any atom is 0.144 e. The standard InChI is InChI=1S/C8H12O2/c1-5-7(9)6-3-2-4-8(5,6)10/h5-6,10H,2-4H2,1H3/t5-,6?,8+/m1/s1. The topological polar surface area (TPSA) is 37.3 Å². The van der Waals surface area contributed by atoms with E-state index in [-0.39, 0.29) is 17.6 Å². The molecule has 0 aromatic rings. The smallest absolute Gasteiger partial charge is 0.144 e. The molecule has 3 atom stereocenters. The fourth-order valence-electron chi connectivity index (χ4n) is 2.37. The van der Waals surface area contributed by atoms with Crippen LogP contribution < -0.4 is 0 Å². The summed E-state index contributed by atoms with van der Waals surface area (Å²) < 4.78 is 0. The van der Waals surface area contributed by atoms with E-state index in [4.69, 9.17) is 0 Å². The van der Waals surface area contributed by atoms with Gasteiger partial charge in [0.15, 0.2) is 0 Å². The summed E-state index contributed by atoms with van der Waals surface area (Å²) in [7, 11) is 0. The van der Waals surface area contributed by atoms with Gasteiger partial charge < -0.3 is 5.11 Å². The molecule has 2 aliphatic carbocycles. The predicted molar refractivity (Wildman–Crippen MR) is 36.5 cm³/mol. The molecule has 0 aromatic carbocycles. The van der Waals surface area contributed by atoms with Crippen molar-refractivity contribution in [3.8, 4) is 0 Å². The van der Waals surface area contributed by atoms with Crippen molar-refractivity contribution in [2.45, 2.75) is 31.8 Å². The number of carbonyl (C=O) groups is 1. The third-order valence-electron chi connectivity index (χ3n) is 3.19. The number of rotatable bonds is 0. The Kier molecular flexibility index (Phi) is 1.03. The van der Waals surface area contributed by atoms with Gasteiger partial charge >= 0.3 is 0 Å². The lowest BCUT2D eigenvalue weighted by atomic mass is 9.62. The second-order valence-corrected chi connectivity index (χ2v) is 3.56. The molecule has 2 saturated carbocycles. The van der Waals surface area contributed by atoms with Gasteiger partial charge in [0, 0.05) is 11.8 Å². The van der Waals surface area contributed by atoms with E-state index < -0.39 is 5.60 Å². The molecular formula is C8H12O2. The molecule has 2 rings (SSSR count). The molecule has 0 aromatic heterocycles. The summed E-state index contributed by atoms with van der Waals surface area (Å²) in [6.07, 6.45) is 2.78. The molecule has 10 heavy (non-hydrogen) atoms. The Balaban J connectivity index is 2.26. The third kappa shape index (κ3) is 0.473. The summed E-state index contributed by atoms with van der Waals surface area (Å²) in [6, 6.07) is 0. The van der Waals surface area contributed by atoms with Gasteiger partial charge in [-0.3, -0.25) is 4.79 Å². The van der Waals surface area contributed by atoms with Crippen molar-refractivity contribution in [2.24, 2.45) is 11.8 Å². The van der Waals surface area contributed by atoms with E-state index in [1.165, 1.54) is 0 Å². The molecule has 0 heterocycles. The summed E-state index contributed by atoms with van der Waals surface area (Å²) in [4.78, 5) is 11.1. The van der Waals surface area contributed by atoms with Crippen LogP contribution in [0.2, 0.25) is 0 Å². The third-order valence-corrected chi connectivity index (χ3v) is 3.19. The zero-order valence-electron chi connectivity index (χ0n) is 6.13. The van der Waals surface area contributed by atoms with Crippen LogP contribution >= 0.6 is 0 Å². The van der Waals surface area contributed by atoms with Crippen molar-refractivity contribution in [3.63, 3.8) is 0 Å². The van der Waals surface area contributed by atoms with Gasteiger partial charge in [-0.15, -0.1) is 0 Å². The molecule has 2 fully saturated rings. The van der Waals surface area contributed by atoms with Crippen molar-refractivity contribution in [1.82, 2.24) is 0 Å². The monoisotopic (exact) mass is 140 g/mol. The molecule has 0 radical (unpaired) electrons. The lowest BCUT2D eigenvalue weighted by Gasteiger charge is -2.45. The number of aliphatic hydroxyl groups is 1. The second-order valence-electron chi connectivity index (χ2n) is 3.56. The summed E-state index contributed by atoms with van der Waals surface area (Å²) in [6.45, 7) is 1.84. The van der Waals surface area contributed by atoms with Gasteiger partial charge in [-0.2, -0.15) is 0 Å². The molecule has 0 spiro atoms. The van der Waals surface area contributed by atoms with Crippen molar-refractivity contribution in [1.29, 1.82) is 0 Å². The highest BCUT2D eigenvalue weighted by Crippen LogP contribution is 2.51. The normalized spacial score (nSPS) is 52.4. The van der Waals surface area contributed by atoms with Crippen molar-refractivity contribution >= 4 is 5.78 Å². The maximum absolute atomic E-state index is 11.1. The van der Waals surface area contributed by atoms with E-state index in [1.54, 1.807) is 0 Å². The summed E-state index contributed by atoms with van der Waals surface area (Å²) in [5.41, 5.74) is -0.586. The number of fused-ring (bicyclic) bond motifs is 1. The molecule has 0 bridgehead atoms. The van der Waals surface area contributed by atoms with Crippen LogP contribution in [0, 0.1) is 11.8 Å². The van der Waals surface area contributed by atoms with Gasteiger partial charge in [0.05, 0.1) is 5.60 Å². The minimum absolute atomic E-state index is 0.00231. The van der Waals surface area contributed by atoms with E-state index in [2.05, 4.69) is 0 Å². The molecule has 1 N–H and O–H groups in total. The zero-order valence-corrected chi connectivity index (χ0v) is 6.13. The van der Waals surface area contributed by atoms with Crippen LogP contribution in [0.1, 0.15) is 26.2 Å². The Morgan fingerprint density at radius 3 is 3.00 bits per heavy atom. The van der Waals surface area contributed by atoms with Gasteiger partial charge in [-0.05, 0) is 19.3 Å². The van der Waals surface area contributed by atoms with E-state index in [0.29, 0.717) is 0 Å². The predicted octanol–water partition coefficient (Wildman–Crippen LogP) is 0.736. The largest absolute Gasteiger partial charge is 0.388 e. The van der Waals surface area contributed by atoms with E-state index in [1.807, 2.05) is 6.92 Å². The highest BCUT2D eigenvalue weighted by Gasteiger charge is 2.60. The van der Waals surface area contributed by atoms with E-state index >= 15 is 0 Å². The molecule has 0 aliphatic heterocycles. The fourth-order valence-corrected chi connectivity index (χ4v) is 2.37. The summed E-state index contributed by atoms with van der Waals surface area (Å²) >= 11 is 0. The highest BCUT2D eigenvalue weighted by atomic mass is 16.3. The molecule has 0 saturated heterocycles.